The molecule has 1 aliphatic rings. The summed E-state index contributed by atoms with van der Waals surface area (Å²) in [5, 5.41) is 3.16. The van der Waals surface area contributed by atoms with E-state index >= 15 is 0 Å². The lowest BCUT2D eigenvalue weighted by Gasteiger charge is -2.36. The molecule has 0 aliphatic carbocycles. The number of piperidine rings is 1. The van der Waals surface area contributed by atoms with Crippen LogP contribution in [0.15, 0.2) is 59.6 Å². The Labute approximate surface area is 162 Å². The summed E-state index contributed by atoms with van der Waals surface area (Å²) in [5.41, 5.74) is 8.29. The largest absolute Gasteiger partial charge is 0.495 e. The highest BCUT2D eigenvalue weighted by Crippen LogP contribution is 2.27. The minimum Gasteiger partial charge on any atom is -0.495 e. The van der Waals surface area contributed by atoms with E-state index in [-0.39, 0.29) is 6.04 Å². The lowest BCUT2D eigenvalue weighted by molar-refractivity contribution is 0.141. The highest BCUT2D eigenvalue weighted by atomic mass is 16.5. The summed E-state index contributed by atoms with van der Waals surface area (Å²) >= 11 is 0. The number of benzene rings is 2. The second kappa shape index (κ2) is 9.42. The molecule has 0 spiro atoms. The maximum Gasteiger partial charge on any atom is 0.193 e. The molecule has 3 N–H and O–H groups in total. The van der Waals surface area contributed by atoms with Crippen molar-refractivity contribution in [3.8, 4) is 5.75 Å². The van der Waals surface area contributed by atoms with Gasteiger partial charge in [-0.1, -0.05) is 49.4 Å². The van der Waals surface area contributed by atoms with E-state index in [0.717, 1.165) is 30.4 Å². The lowest BCUT2D eigenvalue weighted by Crippen LogP contribution is -2.38. The molecule has 1 heterocycles. The maximum atomic E-state index is 6.17. The first-order chi connectivity index (χ1) is 13.2. The first-order valence-corrected chi connectivity index (χ1v) is 9.66. The summed E-state index contributed by atoms with van der Waals surface area (Å²) in [6, 6.07) is 18.6. The van der Waals surface area contributed by atoms with E-state index in [1.165, 1.54) is 18.4 Å². The molecule has 5 nitrogen and oxygen atoms in total. The zero-order valence-electron chi connectivity index (χ0n) is 16.3. The molecular weight excluding hydrogens is 336 g/mol. The monoisotopic (exact) mass is 366 g/mol. The molecule has 5 heteroatoms. The number of nitrogens with zero attached hydrogens (tertiary/aromatic N) is 2. The molecule has 3 rings (SSSR count). The molecule has 2 aromatic carbocycles. The topological polar surface area (TPSA) is 62.9 Å². The number of hydrogen-bond acceptors (Lipinski definition) is 3. The van der Waals surface area contributed by atoms with Crippen molar-refractivity contribution < 1.29 is 4.74 Å². The molecule has 0 radical (unpaired) electrons. The summed E-state index contributed by atoms with van der Waals surface area (Å²) in [4.78, 5) is 7.19. The van der Waals surface area contributed by atoms with Gasteiger partial charge in [0.2, 0.25) is 0 Å². The van der Waals surface area contributed by atoms with E-state index in [1.54, 1.807) is 7.11 Å². The van der Waals surface area contributed by atoms with Crippen molar-refractivity contribution >= 4 is 11.6 Å². The molecule has 144 valence electrons. The standard InChI is InChI=1S/C22H30N4O/c1-17-12-14-26(15-13-17)20(18-8-4-3-5-9-18)16-24-22(23)25-19-10-6-7-11-21(19)27-2/h3-11,17,20H,12-16H2,1-2H3,(H3,23,24,25). The Morgan fingerprint density at radius 1 is 1.15 bits per heavy atom. The molecule has 2 aromatic rings. The highest BCUT2D eigenvalue weighted by molar-refractivity contribution is 5.93. The summed E-state index contributed by atoms with van der Waals surface area (Å²) in [6.07, 6.45) is 2.48. The van der Waals surface area contributed by atoms with Gasteiger partial charge in [0.25, 0.3) is 0 Å². The van der Waals surface area contributed by atoms with Crippen LogP contribution in [-0.2, 0) is 0 Å². The van der Waals surface area contributed by atoms with Gasteiger partial charge in [-0.25, -0.2) is 0 Å². The molecule has 1 unspecified atom stereocenters. The molecule has 27 heavy (non-hydrogen) atoms. The summed E-state index contributed by atoms with van der Waals surface area (Å²) in [6.45, 7) is 5.18. The molecule has 0 saturated carbocycles. The number of rotatable bonds is 6. The third-order valence-electron chi connectivity index (χ3n) is 5.25. The smallest absolute Gasteiger partial charge is 0.193 e. The zero-order valence-corrected chi connectivity index (χ0v) is 16.3. The Balaban J connectivity index is 1.72. The van der Waals surface area contributed by atoms with Gasteiger partial charge in [-0.05, 0) is 49.5 Å². The van der Waals surface area contributed by atoms with E-state index in [9.17, 15) is 0 Å². The van der Waals surface area contributed by atoms with Gasteiger partial charge in [-0.15, -0.1) is 0 Å². The van der Waals surface area contributed by atoms with Gasteiger partial charge in [-0.3, -0.25) is 9.89 Å². The number of nitrogens with two attached hydrogens (primary N) is 1. The van der Waals surface area contributed by atoms with Gasteiger partial charge < -0.3 is 15.8 Å². The number of hydrogen-bond donors (Lipinski definition) is 2. The van der Waals surface area contributed by atoms with Crippen molar-refractivity contribution in [1.29, 1.82) is 0 Å². The van der Waals surface area contributed by atoms with E-state index in [0.29, 0.717) is 12.5 Å². The van der Waals surface area contributed by atoms with Crippen LogP contribution in [0.2, 0.25) is 0 Å². The van der Waals surface area contributed by atoms with E-state index in [2.05, 4.69) is 52.5 Å². The van der Waals surface area contributed by atoms with Gasteiger partial charge in [0.15, 0.2) is 5.96 Å². The molecule has 0 bridgehead atoms. The molecule has 1 fully saturated rings. The predicted molar refractivity (Wildman–Crippen MR) is 112 cm³/mol. The second-order valence-electron chi connectivity index (χ2n) is 7.20. The number of nitrogens with one attached hydrogen (secondary N) is 1. The average Bonchev–Trinajstić information content (AvgIpc) is 2.70. The average molecular weight is 367 g/mol. The number of anilines is 1. The van der Waals surface area contributed by atoms with Gasteiger partial charge in [0.1, 0.15) is 5.75 Å². The first-order valence-electron chi connectivity index (χ1n) is 9.66. The van der Waals surface area contributed by atoms with Crippen LogP contribution >= 0.6 is 0 Å². The Hall–Kier alpha value is -2.53. The Bertz CT molecular complexity index is 739. The third kappa shape index (κ3) is 5.23. The molecule has 0 aromatic heterocycles. The fourth-order valence-electron chi connectivity index (χ4n) is 3.56. The van der Waals surface area contributed by atoms with Crippen molar-refractivity contribution in [3.05, 3.63) is 60.2 Å². The SMILES string of the molecule is COc1ccccc1NC(N)=NCC(c1ccccc1)N1CCC(C)CC1. The minimum absolute atomic E-state index is 0.247. The number of ether oxygens (including phenoxy) is 1. The molecule has 1 saturated heterocycles. The van der Waals surface area contributed by atoms with Crippen molar-refractivity contribution in [3.63, 3.8) is 0 Å². The van der Waals surface area contributed by atoms with E-state index in [1.807, 2.05) is 24.3 Å². The summed E-state index contributed by atoms with van der Waals surface area (Å²) < 4.78 is 5.37. The van der Waals surface area contributed by atoms with E-state index in [4.69, 9.17) is 10.5 Å². The Kier molecular flexibility index (Phi) is 6.71. The molecular formula is C22H30N4O. The molecule has 1 aliphatic heterocycles. The van der Waals surface area contributed by atoms with Gasteiger partial charge in [-0.2, -0.15) is 0 Å². The van der Waals surface area contributed by atoms with Gasteiger partial charge in [0, 0.05) is 0 Å². The molecule has 1 atom stereocenters. The number of aliphatic imine (C=N–C) groups is 1. The van der Waals surface area contributed by atoms with Crippen LogP contribution in [0.3, 0.4) is 0 Å². The lowest BCUT2D eigenvalue weighted by atomic mass is 9.96. The zero-order chi connectivity index (χ0) is 19.1. The Morgan fingerprint density at radius 3 is 2.52 bits per heavy atom. The van der Waals surface area contributed by atoms with E-state index < -0.39 is 0 Å². The number of guanidine groups is 1. The minimum atomic E-state index is 0.247. The van der Waals surface area contributed by atoms with Crippen LogP contribution in [-0.4, -0.2) is 37.6 Å². The van der Waals surface area contributed by atoms with Crippen molar-refractivity contribution in [2.24, 2.45) is 16.6 Å². The fraction of sp³-hybridized carbons (Fsp3) is 0.409. The number of para-hydroxylation sites is 2. The van der Waals surface area contributed by atoms with Gasteiger partial charge in [0.05, 0.1) is 25.4 Å². The van der Waals surface area contributed by atoms with Crippen LogP contribution in [0, 0.1) is 5.92 Å². The van der Waals surface area contributed by atoms with Crippen LogP contribution in [0.1, 0.15) is 31.4 Å². The van der Waals surface area contributed by atoms with Crippen LogP contribution in [0.4, 0.5) is 5.69 Å². The number of likely N-dealkylation sites (tertiary alicyclic amines) is 1. The first kappa shape index (κ1) is 19.2. The summed E-state index contributed by atoms with van der Waals surface area (Å²) in [7, 11) is 1.65. The van der Waals surface area contributed by atoms with Gasteiger partial charge >= 0.3 is 0 Å². The third-order valence-corrected chi connectivity index (χ3v) is 5.25. The predicted octanol–water partition coefficient (Wildman–Crippen LogP) is 3.90. The molecule has 0 amide bonds. The van der Waals surface area contributed by atoms with Crippen LogP contribution < -0.4 is 15.8 Å². The summed E-state index contributed by atoms with van der Waals surface area (Å²) in [5.74, 6) is 1.96. The Morgan fingerprint density at radius 2 is 1.81 bits per heavy atom. The van der Waals surface area contributed by atoms with Crippen molar-refractivity contribution in [1.82, 2.24) is 4.90 Å². The second-order valence-corrected chi connectivity index (χ2v) is 7.20. The van der Waals surface area contributed by atoms with Crippen LogP contribution in [0.25, 0.3) is 0 Å². The quantitative estimate of drug-likeness (QED) is 0.601. The normalized spacial score (nSPS) is 17.5. The van der Waals surface area contributed by atoms with Crippen molar-refractivity contribution in [2.45, 2.75) is 25.8 Å². The number of methoxy groups -OCH3 is 1. The van der Waals surface area contributed by atoms with Crippen molar-refractivity contribution in [2.75, 3.05) is 32.1 Å². The maximum absolute atomic E-state index is 6.17. The highest BCUT2D eigenvalue weighted by Gasteiger charge is 2.24. The fourth-order valence-corrected chi connectivity index (χ4v) is 3.56. The van der Waals surface area contributed by atoms with Crippen LogP contribution in [0.5, 0.6) is 5.75 Å².